The highest BCUT2D eigenvalue weighted by Crippen LogP contribution is 2.17. The number of nitrogens with two attached hydrogens (primary N) is 1. The van der Waals surface area contributed by atoms with Gasteiger partial charge in [-0.2, -0.15) is 0 Å². The Morgan fingerprint density at radius 3 is 2.14 bits per heavy atom. The van der Waals surface area contributed by atoms with E-state index in [1.54, 1.807) is 0 Å². The summed E-state index contributed by atoms with van der Waals surface area (Å²) in [5, 5.41) is 8.64. The Morgan fingerprint density at radius 1 is 0.744 bits per heavy atom. The van der Waals surface area contributed by atoms with Gasteiger partial charge in [-0.25, -0.2) is 4.98 Å². The summed E-state index contributed by atoms with van der Waals surface area (Å²) < 4.78 is 4.01. The molecule has 0 spiro atoms. The average Bonchev–Trinajstić information content (AvgIpc) is 3.62. The van der Waals surface area contributed by atoms with E-state index in [1.807, 2.05) is 29.2 Å². The zero-order valence-electron chi connectivity index (χ0n) is 26.3. The molecule has 0 unspecified atom stereocenters. The lowest BCUT2D eigenvalue weighted by Gasteiger charge is -2.11. The van der Waals surface area contributed by atoms with Crippen LogP contribution in [-0.4, -0.2) is 30.3 Å². The zero-order chi connectivity index (χ0) is 30.3. The first-order valence-corrected chi connectivity index (χ1v) is 16.4. The van der Waals surface area contributed by atoms with Crippen LogP contribution in [0, 0.1) is 0 Å². The molecule has 2 aromatic heterocycles. The Hall–Kier alpha value is -3.74. The lowest BCUT2D eigenvalue weighted by molar-refractivity contribution is 0.0978. The number of aromatic nitrogens is 5. The first-order valence-electron chi connectivity index (χ1n) is 16.4. The van der Waals surface area contributed by atoms with E-state index in [-0.39, 0.29) is 5.78 Å². The van der Waals surface area contributed by atoms with Gasteiger partial charge >= 0.3 is 0 Å². The summed E-state index contributed by atoms with van der Waals surface area (Å²) in [5.41, 5.74) is 13.2. The Morgan fingerprint density at radius 2 is 1.40 bits per heavy atom. The van der Waals surface area contributed by atoms with Gasteiger partial charge in [0.2, 0.25) is 5.95 Å². The first-order chi connectivity index (χ1) is 21.1. The van der Waals surface area contributed by atoms with Crippen molar-refractivity contribution in [2.24, 2.45) is 0 Å². The minimum absolute atomic E-state index is 0.198. The number of anilines is 1. The third-order valence-corrected chi connectivity index (χ3v) is 8.24. The minimum Gasteiger partial charge on any atom is -0.369 e. The molecule has 0 radical (unpaired) electrons. The normalized spacial score (nSPS) is 11.3. The second kappa shape index (κ2) is 17.4. The van der Waals surface area contributed by atoms with Crippen molar-refractivity contribution in [1.82, 2.24) is 24.5 Å². The monoisotopic (exact) mass is 582 g/mol. The summed E-state index contributed by atoms with van der Waals surface area (Å²) in [4.78, 5) is 17.0. The second-order valence-electron chi connectivity index (χ2n) is 11.8. The minimum atomic E-state index is 0.198. The number of unbranched alkanes of at least 4 members (excludes halogenated alkanes) is 5. The molecule has 230 valence electrons. The van der Waals surface area contributed by atoms with Gasteiger partial charge in [0, 0.05) is 30.4 Å². The number of ketones is 1. The predicted octanol–water partition coefficient (Wildman–Crippen LogP) is 7.80. The van der Waals surface area contributed by atoms with Crippen LogP contribution < -0.4 is 5.73 Å². The van der Waals surface area contributed by atoms with Crippen LogP contribution in [-0.2, 0) is 38.8 Å². The number of nitrogens with zero attached hydrogens (tertiary/aromatic N) is 5. The van der Waals surface area contributed by atoms with Gasteiger partial charge in [0.05, 0.1) is 18.4 Å². The Labute approximate surface area is 257 Å². The molecule has 2 aromatic carbocycles. The van der Waals surface area contributed by atoms with Crippen LogP contribution in [0.5, 0.6) is 0 Å². The highest BCUT2D eigenvalue weighted by atomic mass is 16.1. The highest BCUT2D eigenvalue weighted by molar-refractivity contribution is 5.96. The highest BCUT2D eigenvalue weighted by Gasteiger charge is 2.10. The summed E-state index contributed by atoms with van der Waals surface area (Å²) in [7, 11) is 0. The molecule has 4 aromatic rings. The van der Waals surface area contributed by atoms with Crippen molar-refractivity contribution < 1.29 is 4.79 Å². The molecule has 0 atom stereocenters. The van der Waals surface area contributed by atoms with Crippen molar-refractivity contribution in [3.63, 3.8) is 0 Å². The molecule has 2 heterocycles. The zero-order valence-corrected chi connectivity index (χ0v) is 26.3. The van der Waals surface area contributed by atoms with Gasteiger partial charge in [-0.1, -0.05) is 93.3 Å². The summed E-state index contributed by atoms with van der Waals surface area (Å²) in [5.74, 6) is 0.781. The molecule has 7 heteroatoms. The lowest BCUT2D eigenvalue weighted by atomic mass is 10.0. The van der Waals surface area contributed by atoms with Crippen LogP contribution in [0.2, 0.25) is 0 Å². The van der Waals surface area contributed by atoms with Crippen molar-refractivity contribution in [2.45, 2.75) is 117 Å². The smallest absolute Gasteiger partial charge is 0.200 e. The topological polar surface area (TPSA) is 91.6 Å². The van der Waals surface area contributed by atoms with Crippen LogP contribution in [0.3, 0.4) is 0 Å². The molecule has 0 fully saturated rings. The average molecular weight is 583 g/mol. The van der Waals surface area contributed by atoms with E-state index in [1.165, 1.54) is 54.5 Å². The van der Waals surface area contributed by atoms with Crippen LogP contribution in [0.1, 0.15) is 116 Å². The molecule has 2 N–H and O–H groups in total. The fourth-order valence-electron chi connectivity index (χ4n) is 5.52. The van der Waals surface area contributed by atoms with E-state index >= 15 is 0 Å². The number of benzene rings is 2. The van der Waals surface area contributed by atoms with Gasteiger partial charge in [0.1, 0.15) is 0 Å². The molecule has 0 aliphatic rings. The van der Waals surface area contributed by atoms with E-state index in [4.69, 9.17) is 5.73 Å². The molecule has 0 aliphatic heterocycles. The summed E-state index contributed by atoms with van der Waals surface area (Å²) >= 11 is 0. The van der Waals surface area contributed by atoms with Gasteiger partial charge in [-0.3, -0.25) is 9.48 Å². The van der Waals surface area contributed by atoms with Gasteiger partial charge in [-0.15, -0.1) is 5.10 Å². The molecule has 0 saturated carbocycles. The number of hydrogen-bond acceptors (Lipinski definition) is 5. The predicted molar refractivity (Wildman–Crippen MR) is 175 cm³/mol. The van der Waals surface area contributed by atoms with Crippen LogP contribution in [0.4, 0.5) is 5.95 Å². The van der Waals surface area contributed by atoms with E-state index in [0.29, 0.717) is 18.9 Å². The molecular weight excluding hydrogens is 532 g/mol. The van der Waals surface area contributed by atoms with Gasteiger partial charge in [-0.05, 0) is 74.5 Å². The number of imidazole rings is 1. The molecule has 7 nitrogen and oxygen atoms in total. The van der Waals surface area contributed by atoms with E-state index < -0.39 is 0 Å². The van der Waals surface area contributed by atoms with Crippen LogP contribution in [0.15, 0.2) is 60.9 Å². The van der Waals surface area contributed by atoms with Crippen LogP contribution in [0.25, 0.3) is 0 Å². The number of hydrogen-bond donors (Lipinski definition) is 1. The summed E-state index contributed by atoms with van der Waals surface area (Å²) in [6.07, 6.45) is 18.7. The molecular formula is C36H50N6O. The maximum absolute atomic E-state index is 12.6. The molecule has 4 rings (SSSR count). The lowest BCUT2D eigenvalue weighted by Crippen LogP contribution is -2.08. The van der Waals surface area contributed by atoms with Crippen molar-refractivity contribution in [3.8, 4) is 0 Å². The largest absolute Gasteiger partial charge is 0.369 e. The number of carbonyl (C=O) groups is 1. The fraction of sp³-hybridized carbons (Fsp3) is 0.500. The Balaban J connectivity index is 1.13. The van der Waals surface area contributed by atoms with E-state index in [0.717, 1.165) is 69.2 Å². The fourth-order valence-corrected chi connectivity index (χ4v) is 5.52. The third kappa shape index (κ3) is 10.5. The molecule has 0 amide bonds. The first kappa shape index (κ1) is 32.2. The number of carbonyl (C=O) groups excluding carboxylic acids is 1. The Kier molecular flexibility index (Phi) is 13.0. The molecule has 0 bridgehead atoms. The van der Waals surface area contributed by atoms with E-state index in [2.05, 4.69) is 70.1 Å². The molecule has 0 aliphatic carbocycles. The van der Waals surface area contributed by atoms with Crippen molar-refractivity contribution in [1.29, 1.82) is 0 Å². The Bertz CT molecular complexity index is 1370. The maximum Gasteiger partial charge on any atom is 0.200 e. The number of rotatable bonds is 20. The van der Waals surface area contributed by atoms with Crippen molar-refractivity contribution >= 4 is 11.7 Å². The van der Waals surface area contributed by atoms with E-state index in [9.17, 15) is 4.79 Å². The van der Waals surface area contributed by atoms with Gasteiger partial charge in [0.25, 0.3) is 0 Å². The molecule has 0 saturated heterocycles. The van der Waals surface area contributed by atoms with Crippen molar-refractivity contribution in [3.05, 3.63) is 94.6 Å². The summed E-state index contributed by atoms with van der Waals surface area (Å²) in [6.45, 7) is 5.91. The van der Waals surface area contributed by atoms with Crippen LogP contribution >= 0.6 is 0 Å². The molecule has 43 heavy (non-hydrogen) atoms. The number of aryl methyl sites for hydroxylation is 5. The van der Waals surface area contributed by atoms with Crippen molar-refractivity contribution in [2.75, 3.05) is 5.73 Å². The number of nitrogen functional groups attached to an aromatic ring is 1. The maximum atomic E-state index is 12.6. The second-order valence-corrected chi connectivity index (χ2v) is 11.8. The standard InChI is InChI=1S/C36H50N6O/c1-3-5-8-13-30-21-23-32(24-22-30)35(43)16-11-25-41-28-33(39-40-41)14-9-7-10-15-34-26-38-36(37)42(34)27-31-19-17-29(18-20-31)12-6-4-2/h17-24,26,28H,3-16,25,27H2,1-2H3,(H2,37,38). The van der Waals surface area contributed by atoms with Gasteiger partial charge in [0.15, 0.2) is 5.78 Å². The quantitative estimate of drug-likeness (QED) is 0.0848. The SMILES string of the molecule is CCCCCc1ccc(C(=O)CCCn2cc(CCCCCc3cnc(N)n3Cc3ccc(CCCC)cc3)nn2)cc1. The number of Topliss-reactive ketones (excluding diaryl/α,β-unsaturated/α-hetero) is 1. The third-order valence-electron chi connectivity index (χ3n) is 8.24. The summed E-state index contributed by atoms with van der Waals surface area (Å²) in [6, 6.07) is 17.1. The van der Waals surface area contributed by atoms with Gasteiger partial charge < -0.3 is 10.3 Å².